The summed E-state index contributed by atoms with van der Waals surface area (Å²) >= 11 is 0. The SMILES string of the molecule is CC1=CC(=O)N(C23C=CC(=CC2)Cc2ccc3cc2)C1=O. The Balaban J connectivity index is 1.93. The van der Waals surface area contributed by atoms with Gasteiger partial charge < -0.3 is 0 Å². The van der Waals surface area contributed by atoms with Gasteiger partial charge in [0.25, 0.3) is 11.8 Å². The van der Waals surface area contributed by atoms with Crippen molar-refractivity contribution >= 4 is 11.8 Å². The molecule has 7 rings (SSSR count). The summed E-state index contributed by atoms with van der Waals surface area (Å²) in [5.74, 6) is -0.410. The van der Waals surface area contributed by atoms with E-state index in [0.717, 1.165) is 12.0 Å². The molecule has 5 aliphatic carbocycles. The molecule has 0 radical (unpaired) electrons. The normalized spacial score (nSPS) is 26.6. The molecular formula is C18H15NO2. The molecule has 1 heterocycles. The van der Waals surface area contributed by atoms with Crippen molar-refractivity contribution in [2.45, 2.75) is 25.3 Å². The summed E-state index contributed by atoms with van der Waals surface area (Å²) in [4.78, 5) is 26.2. The van der Waals surface area contributed by atoms with Crippen molar-refractivity contribution < 1.29 is 9.59 Å². The van der Waals surface area contributed by atoms with Crippen LogP contribution in [0.3, 0.4) is 0 Å². The van der Waals surface area contributed by atoms with Gasteiger partial charge in [0.1, 0.15) is 0 Å². The van der Waals surface area contributed by atoms with E-state index >= 15 is 0 Å². The van der Waals surface area contributed by atoms with Crippen LogP contribution >= 0.6 is 0 Å². The van der Waals surface area contributed by atoms with Crippen molar-refractivity contribution in [2.75, 3.05) is 0 Å². The smallest absolute Gasteiger partial charge is 0.257 e. The second kappa shape index (κ2) is 4.04. The standard InChI is InChI=1S/C18H15NO2/c1-12-10-16(20)19(17(12)21)18-8-6-14(7-9-18)11-13-2-4-15(18)5-3-13/h2-8,10H,9,11H2,1H3. The lowest BCUT2D eigenvalue weighted by Gasteiger charge is -2.39. The van der Waals surface area contributed by atoms with Gasteiger partial charge in [0.05, 0.1) is 5.54 Å². The first-order chi connectivity index (χ1) is 10.1. The average Bonchev–Trinajstić information content (AvgIpc) is 2.85. The summed E-state index contributed by atoms with van der Waals surface area (Å²) in [7, 11) is 0. The summed E-state index contributed by atoms with van der Waals surface area (Å²) in [6.07, 6.45) is 9.20. The Bertz CT molecular complexity index is 752. The minimum absolute atomic E-state index is 0.190. The maximum absolute atomic E-state index is 12.5. The number of amides is 2. The number of allylic oxidation sites excluding steroid dienone is 2. The van der Waals surface area contributed by atoms with Crippen LogP contribution in [0, 0.1) is 0 Å². The fraction of sp³-hybridized carbons (Fsp3) is 0.222. The zero-order valence-corrected chi connectivity index (χ0v) is 11.8. The monoisotopic (exact) mass is 277 g/mol. The number of carbonyl (C=O) groups excluding carboxylic acids is 2. The molecule has 0 saturated carbocycles. The summed E-state index contributed by atoms with van der Waals surface area (Å²) in [5, 5.41) is 0. The minimum atomic E-state index is -0.686. The van der Waals surface area contributed by atoms with E-state index < -0.39 is 5.54 Å². The van der Waals surface area contributed by atoms with E-state index in [4.69, 9.17) is 0 Å². The zero-order valence-electron chi connectivity index (χ0n) is 11.8. The second-order valence-corrected chi connectivity index (χ2v) is 5.92. The number of benzene rings is 1. The van der Waals surface area contributed by atoms with E-state index in [1.54, 1.807) is 6.92 Å². The predicted molar refractivity (Wildman–Crippen MR) is 79.3 cm³/mol. The Morgan fingerprint density at radius 3 is 2.48 bits per heavy atom. The van der Waals surface area contributed by atoms with Crippen LogP contribution in [0.1, 0.15) is 24.5 Å². The molecule has 1 atom stereocenters. The Hall–Kier alpha value is -2.42. The summed E-state index contributed by atoms with van der Waals surface area (Å²) < 4.78 is 0. The lowest BCUT2D eigenvalue weighted by Crippen LogP contribution is -2.49. The molecule has 3 heteroatoms. The minimum Gasteiger partial charge on any atom is -0.269 e. The highest BCUT2D eigenvalue weighted by atomic mass is 16.2. The van der Waals surface area contributed by atoms with Crippen LogP contribution in [0.25, 0.3) is 0 Å². The number of hydrogen-bond donors (Lipinski definition) is 0. The van der Waals surface area contributed by atoms with Crippen LogP contribution in [0.4, 0.5) is 0 Å². The van der Waals surface area contributed by atoms with Gasteiger partial charge in [-0.15, -0.1) is 0 Å². The Morgan fingerprint density at radius 2 is 1.90 bits per heavy atom. The summed E-state index contributed by atoms with van der Waals surface area (Å²) in [6, 6.07) is 8.25. The zero-order chi connectivity index (χ0) is 14.6. The second-order valence-electron chi connectivity index (χ2n) is 5.92. The third-order valence-corrected chi connectivity index (χ3v) is 4.61. The molecule has 4 bridgehead atoms. The van der Waals surface area contributed by atoms with Gasteiger partial charge in [-0.25, -0.2) is 0 Å². The predicted octanol–water partition coefficient (Wildman–Crippen LogP) is 2.64. The van der Waals surface area contributed by atoms with Crippen LogP contribution in [0.15, 0.2) is 59.7 Å². The molecular weight excluding hydrogens is 262 g/mol. The van der Waals surface area contributed by atoms with Crippen molar-refractivity contribution in [3.63, 3.8) is 0 Å². The van der Waals surface area contributed by atoms with Crippen molar-refractivity contribution in [1.82, 2.24) is 4.90 Å². The van der Waals surface area contributed by atoms with Crippen LogP contribution in [-0.4, -0.2) is 16.7 Å². The van der Waals surface area contributed by atoms with Crippen molar-refractivity contribution in [1.29, 1.82) is 0 Å². The van der Waals surface area contributed by atoms with Crippen molar-refractivity contribution in [3.05, 3.63) is 70.8 Å². The third kappa shape index (κ3) is 1.60. The van der Waals surface area contributed by atoms with Crippen LogP contribution in [0.5, 0.6) is 0 Å². The highest BCUT2D eigenvalue weighted by Gasteiger charge is 2.46. The van der Waals surface area contributed by atoms with Gasteiger partial charge in [-0.2, -0.15) is 0 Å². The Kier molecular flexibility index (Phi) is 2.37. The van der Waals surface area contributed by atoms with Gasteiger partial charge in [0.15, 0.2) is 0 Å². The average molecular weight is 277 g/mol. The molecule has 104 valence electrons. The van der Waals surface area contributed by atoms with E-state index in [-0.39, 0.29) is 11.8 Å². The molecule has 6 aliphatic rings. The van der Waals surface area contributed by atoms with Crippen LogP contribution < -0.4 is 0 Å². The first-order valence-electron chi connectivity index (χ1n) is 7.15. The first kappa shape index (κ1) is 12.3. The topological polar surface area (TPSA) is 37.4 Å². The quantitative estimate of drug-likeness (QED) is 0.740. The fourth-order valence-corrected chi connectivity index (χ4v) is 3.42. The largest absolute Gasteiger partial charge is 0.269 e. The number of imide groups is 1. The molecule has 21 heavy (non-hydrogen) atoms. The Morgan fingerprint density at radius 1 is 1.14 bits per heavy atom. The van der Waals surface area contributed by atoms with E-state index in [0.29, 0.717) is 12.0 Å². The van der Waals surface area contributed by atoms with Gasteiger partial charge in [-0.1, -0.05) is 42.5 Å². The maximum atomic E-state index is 12.5. The molecule has 0 N–H and O–H groups in total. The highest BCUT2D eigenvalue weighted by molar-refractivity contribution is 6.16. The first-order valence-corrected chi connectivity index (χ1v) is 7.15. The number of nitrogens with zero attached hydrogens (tertiary/aromatic N) is 1. The third-order valence-electron chi connectivity index (χ3n) is 4.61. The summed E-state index contributed by atoms with van der Waals surface area (Å²) in [5.41, 5.74) is 3.30. The van der Waals surface area contributed by atoms with Gasteiger partial charge in [0.2, 0.25) is 0 Å². The van der Waals surface area contributed by atoms with E-state index in [1.165, 1.54) is 22.1 Å². The van der Waals surface area contributed by atoms with Crippen LogP contribution in [0.2, 0.25) is 0 Å². The highest BCUT2D eigenvalue weighted by Crippen LogP contribution is 2.42. The number of rotatable bonds is 1. The molecule has 2 amide bonds. The maximum Gasteiger partial charge on any atom is 0.257 e. The van der Waals surface area contributed by atoms with Gasteiger partial charge in [-0.05, 0) is 36.5 Å². The molecule has 0 fully saturated rings. The number of hydrogen-bond acceptors (Lipinski definition) is 2. The summed E-state index contributed by atoms with van der Waals surface area (Å²) in [6.45, 7) is 1.70. The molecule has 0 saturated heterocycles. The van der Waals surface area contributed by atoms with E-state index in [1.807, 2.05) is 18.2 Å². The molecule has 1 unspecified atom stereocenters. The molecule has 0 aromatic heterocycles. The lowest BCUT2D eigenvalue weighted by atomic mass is 9.81. The molecule has 0 spiro atoms. The molecule has 1 aromatic rings. The van der Waals surface area contributed by atoms with Gasteiger partial charge in [0, 0.05) is 11.6 Å². The molecule has 1 aliphatic heterocycles. The van der Waals surface area contributed by atoms with E-state index in [9.17, 15) is 9.59 Å². The van der Waals surface area contributed by atoms with Gasteiger partial charge in [-0.3, -0.25) is 14.5 Å². The van der Waals surface area contributed by atoms with Crippen LogP contribution in [-0.2, 0) is 21.5 Å². The lowest BCUT2D eigenvalue weighted by molar-refractivity contribution is -0.143. The fourth-order valence-electron chi connectivity index (χ4n) is 3.42. The van der Waals surface area contributed by atoms with Crippen molar-refractivity contribution in [2.24, 2.45) is 0 Å². The molecule has 3 nitrogen and oxygen atoms in total. The molecule has 1 aromatic carbocycles. The Labute approximate surface area is 123 Å². The number of carbonyl (C=O) groups is 2. The van der Waals surface area contributed by atoms with E-state index in [2.05, 4.69) is 24.3 Å². The van der Waals surface area contributed by atoms with Gasteiger partial charge >= 0.3 is 0 Å². The van der Waals surface area contributed by atoms with Crippen molar-refractivity contribution in [3.8, 4) is 0 Å².